The smallest absolute Gasteiger partial charge is 0.160 e. The van der Waals surface area contributed by atoms with Gasteiger partial charge >= 0.3 is 0 Å². The van der Waals surface area contributed by atoms with Crippen molar-refractivity contribution in [1.29, 1.82) is 0 Å². The summed E-state index contributed by atoms with van der Waals surface area (Å²) in [4.78, 5) is 8.86. The van der Waals surface area contributed by atoms with Gasteiger partial charge in [0.2, 0.25) is 0 Å². The average molecular weight is 414 g/mol. The lowest BCUT2D eigenvalue weighted by molar-refractivity contribution is 0.413. The molecule has 0 fully saturated rings. The monoisotopic (exact) mass is 414 g/mol. The number of methoxy groups -OCH3 is 1. The zero-order valence-electron chi connectivity index (χ0n) is 16.3. The third-order valence-corrected chi connectivity index (χ3v) is 5.28. The van der Waals surface area contributed by atoms with Crippen LogP contribution in [-0.2, 0) is 6.54 Å². The Labute approximate surface area is 175 Å². The largest absolute Gasteiger partial charge is 0.495 e. The predicted molar refractivity (Wildman–Crippen MR) is 121 cm³/mol. The van der Waals surface area contributed by atoms with E-state index in [1.807, 2.05) is 28.7 Å². The van der Waals surface area contributed by atoms with Crippen molar-refractivity contribution in [3.05, 3.63) is 72.9 Å². The molecule has 0 spiro atoms. The number of fused-ring (bicyclic) bond motifs is 2. The standard InChI is InChI=1S/C22H19N6OP/c1-29-16-10-19-22(25-11-16)18(7-8-23-19)24-12-21-27-26-20-6-5-15(13-28(20)21)14-3-2-4-17(30)9-14/h2-11,13H,12,30H2,1H3,(H,23,24). The maximum Gasteiger partial charge on any atom is 0.160 e. The highest BCUT2D eigenvalue weighted by Crippen LogP contribution is 2.24. The summed E-state index contributed by atoms with van der Waals surface area (Å²) in [5.41, 5.74) is 5.49. The van der Waals surface area contributed by atoms with Gasteiger partial charge in [-0.25, -0.2) is 4.98 Å². The number of anilines is 1. The molecular weight excluding hydrogens is 395 g/mol. The summed E-state index contributed by atoms with van der Waals surface area (Å²) in [5, 5.41) is 13.2. The zero-order chi connectivity index (χ0) is 20.5. The van der Waals surface area contributed by atoms with Crippen molar-refractivity contribution in [3.63, 3.8) is 0 Å². The van der Waals surface area contributed by atoms with E-state index in [4.69, 9.17) is 4.74 Å². The number of pyridine rings is 3. The van der Waals surface area contributed by atoms with Gasteiger partial charge < -0.3 is 10.1 Å². The highest BCUT2D eigenvalue weighted by molar-refractivity contribution is 7.27. The summed E-state index contributed by atoms with van der Waals surface area (Å²) in [6.45, 7) is 0.501. The average Bonchev–Trinajstić information content (AvgIpc) is 3.19. The third-order valence-electron chi connectivity index (χ3n) is 4.92. The van der Waals surface area contributed by atoms with Crippen LogP contribution in [0.15, 0.2) is 67.1 Å². The minimum atomic E-state index is 0.501. The molecule has 148 valence electrons. The molecule has 1 atom stereocenters. The van der Waals surface area contributed by atoms with Crippen LogP contribution in [0, 0.1) is 0 Å². The number of hydrogen-bond donors (Lipinski definition) is 1. The number of nitrogens with zero attached hydrogens (tertiary/aromatic N) is 5. The molecular formula is C22H19N6OP. The Balaban J connectivity index is 1.46. The van der Waals surface area contributed by atoms with Crippen molar-refractivity contribution in [2.24, 2.45) is 0 Å². The van der Waals surface area contributed by atoms with Crippen LogP contribution in [0.3, 0.4) is 0 Å². The zero-order valence-corrected chi connectivity index (χ0v) is 17.4. The fourth-order valence-electron chi connectivity index (χ4n) is 3.39. The van der Waals surface area contributed by atoms with E-state index in [0.717, 1.165) is 44.6 Å². The summed E-state index contributed by atoms with van der Waals surface area (Å²) in [5.74, 6) is 1.49. The van der Waals surface area contributed by atoms with Crippen molar-refractivity contribution in [2.45, 2.75) is 6.54 Å². The molecule has 0 bridgehead atoms. The Morgan fingerprint density at radius 2 is 1.97 bits per heavy atom. The normalized spacial score (nSPS) is 11.1. The minimum Gasteiger partial charge on any atom is -0.495 e. The number of nitrogens with one attached hydrogen (secondary N) is 1. The lowest BCUT2D eigenvalue weighted by Crippen LogP contribution is -2.05. The molecule has 0 saturated carbocycles. The lowest BCUT2D eigenvalue weighted by atomic mass is 10.1. The first-order valence-electron chi connectivity index (χ1n) is 9.43. The maximum atomic E-state index is 5.24. The lowest BCUT2D eigenvalue weighted by Gasteiger charge is -2.09. The van der Waals surface area contributed by atoms with Crippen LogP contribution in [-0.4, -0.2) is 31.7 Å². The van der Waals surface area contributed by atoms with E-state index < -0.39 is 0 Å². The van der Waals surface area contributed by atoms with Crippen molar-refractivity contribution in [3.8, 4) is 16.9 Å². The van der Waals surface area contributed by atoms with E-state index in [-0.39, 0.29) is 0 Å². The Hall–Kier alpha value is -3.57. The molecule has 0 amide bonds. The first-order valence-corrected chi connectivity index (χ1v) is 10.0. The summed E-state index contributed by atoms with van der Waals surface area (Å²) < 4.78 is 7.25. The molecule has 1 N–H and O–H groups in total. The molecule has 0 radical (unpaired) electrons. The Morgan fingerprint density at radius 1 is 1.03 bits per heavy atom. The molecule has 8 heteroatoms. The van der Waals surface area contributed by atoms with Crippen LogP contribution >= 0.6 is 9.24 Å². The Morgan fingerprint density at radius 3 is 2.83 bits per heavy atom. The van der Waals surface area contributed by atoms with Crippen molar-refractivity contribution in [2.75, 3.05) is 12.4 Å². The van der Waals surface area contributed by atoms with Crippen molar-refractivity contribution >= 4 is 36.9 Å². The number of ether oxygens (including phenoxy) is 1. The van der Waals surface area contributed by atoms with Gasteiger partial charge in [0.25, 0.3) is 0 Å². The van der Waals surface area contributed by atoms with Crippen LogP contribution in [0.4, 0.5) is 5.69 Å². The van der Waals surface area contributed by atoms with E-state index in [1.165, 1.54) is 0 Å². The SMILES string of the molecule is COc1cnc2c(NCc3nnc4ccc(-c5cccc(P)c5)cn34)ccnc2c1. The van der Waals surface area contributed by atoms with E-state index in [9.17, 15) is 0 Å². The van der Waals surface area contributed by atoms with E-state index >= 15 is 0 Å². The van der Waals surface area contributed by atoms with Crippen molar-refractivity contribution < 1.29 is 4.74 Å². The van der Waals surface area contributed by atoms with Gasteiger partial charge in [-0.2, -0.15) is 0 Å². The first-order chi connectivity index (χ1) is 14.7. The van der Waals surface area contributed by atoms with Gasteiger partial charge in [0, 0.05) is 18.5 Å². The topological polar surface area (TPSA) is 77.2 Å². The van der Waals surface area contributed by atoms with Gasteiger partial charge in [0.1, 0.15) is 11.3 Å². The predicted octanol–water partition coefficient (Wildman–Crippen LogP) is 3.46. The molecule has 0 saturated heterocycles. The summed E-state index contributed by atoms with van der Waals surface area (Å²) >= 11 is 0. The molecule has 0 aliphatic carbocycles. The van der Waals surface area contributed by atoms with E-state index in [1.54, 1.807) is 19.5 Å². The molecule has 5 aromatic rings. The molecule has 0 aliphatic heterocycles. The Kier molecular flexibility index (Phi) is 4.73. The first kappa shape index (κ1) is 18.5. The molecule has 5 rings (SSSR count). The molecule has 1 unspecified atom stereocenters. The van der Waals surface area contributed by atoms with Gasteiger partial charge in [-0.05, 0) is 40.7 Å². The quantitative estimate of drug-likeness (QED) is 0.444. The number of aromatic nitrogens is 5. The summed E-state index contributed by atoms with van der Waals surface area (Å²) in [6.07, 6.45) is 5.51. The highest BCUT2D eigenvalue weighted by atomic mass is 31.0. The minimum absolute atomic E-state index is 0.501. The molecule has 1 aromatic carbocycles. The van der Waals surface area contributed by atoms with Crippen molar-refractivity contribution in [1.82, 2.24) is 24.6 Å². The third kappa shape index (κ3) is 3.44. The van der Waals surface area contributed by atoms with Gasteiger partial charge in [-0.15, -0.1) is 19.4 Å². The van der Waals surface area contributed by atoms with Crippen LogP contribution in [0.5, 0.6) is 5.75 Å². The van der Waals surface area contributed by atoms with E-state index in [2.05, 4.69) is 65.2 Å². The van der Waals surface area contributed by atoms with Gasteiger partial charge in [0.05, 0.1) is 31.1 Å². The van der Waals surface area contributed by atoms with Crippen LogP contribution < -0.4 is 15.4 Å². The van der Waals surface area contributed by atoms with Gasteiger partial charge in [-0.3, -0.25) is 9.38 Å². The summed E-state index contributed by atoms with van der Waals surface area (Å²) in [6, 6.07) is 16.2. The summed E-state index contributed by atoms with van der Waals surface area (Å²) in [7, 11) is 4.35. The van der Waals surface area contributed by atoms with Crippen LogP contribution in [0.25, 0.3) is 27.8 Å². The highest BCUT2D eigenvalue weighted by Gasteiger charge is 2.10. The van der Waals surface area contributed by atoms with Gasteiger partial charge in [0.15, 0.2) is 11.5 Å². The molecule has 7 nitrogen and oxygen atoms in total. The number of benzene rings is 1. The fraction of sp³-hybridized carbons (Fsp3) is 0.0909. The Bertz CT molecular complexity index is 1370. The van der Waals surface area contributed by atoms with Crippen LogP contribution in [0.1, 0.15) is 5.82 Å². The van der Waals surface area contributed by atoms with E-state index in [0.29, 0.717) is 12.3 Å². The second-order valence-corrected chi connectivity index (χ2v) is 7.51. The molecule has 4 heterocycles. The molecule has 0 aliphatic rings. The second-order valence-electron chi connectivity index (χ2n) is 6.84. The number of rotatable bonds is 5. The molecule has 4 aromatic heterocycles. The maximum absolute atomic E-state index is 5.24. The van der Waals surface area contributed by atoms with Crippen LogP contribution in [0.2, 0.25) is 0 Å². The van der Waals surface area contributed by atoms with Gasteiger partial charge in [-0.1, -0.05) is 18.2 Å². The molecule has 30 heavy (non-hydrogen) atoms. The second kappa shape index (κ2) is 7.69. The fourth-order valence-corrected chi connectivity index (χ4v) is 3.68. The number of hydrogen-bond acceptors (Lipinski definition) is 6.